The second-order valence-corrected chi connectivity index (χ2v) is 3.82. The van der Waals surface area contributed by atoms with Crippen LogP contribution in [-0.4, -0.2) is 13.1 Å². The number of anilines is 1. The van der Waals surface area contributed by atoms with Crippen LogP contribution in [0.15, 0.2) is 22.7 Å². The zero-order chi connectivity index (χ0) is 8.39. The molecule has 1 aromatic rings. The van der Waals surface area contributed by atoms with E-state index in [0.29, 0.717) is 0 Å². The number of fused-ring (bicyclic) bond motifs is 1. The van der Waals surface area contributed by atoms with Gasteiger partial charge in [0.25, 0.3) is 0 Å². The van der Waals surface area contributed by atoms with Crippen LogP contribution in [0.2, 0.25) is 0 Å². The maximum Gasteiger partial charge on any atom is 0.0387 e. The Morgan fingerprint density at radius 3 is 3.08 bits per heavy atom. The number of rotatable bonds is 0. The maximum absolute atomic E-state index is 3.46. The van der Waals surface area contributed by atoms with Crippen LogP contribution in [0.25, 0.3) is 0 Å². The summed E-state index contributed by atoms with van der Waals surface area (Å²) < 4.78 is 1.15. The fourth-order valence-corrected chi connectivity index (χ4v) is 1.80. The summed E-state index contributed by atoms with van der Waals surface area (Å²) in [5, 5.41) is 6.72. The zero-order valence-electron chi connectivity index (χ0n) is 6.73. The third-order valence-corrected chi connectivity index (χ3v) is 2.49. The fourth-order valence-electron chi connectivity index (χ4n) is 1.39. The van der Waals surface area contributed by atoms with E-state index in [1.165, 1.54) is 11.3 Å². The Balaban J connectivity index is 2.36. The summed E-state index contributed by atoms with van der Waals surface area (Å²) in [5.74, 6) is 0. The SMILES string of the molecule is Brc1ccc2c(c1)CNCCN2. The third kappa shape index (κ3) is 1.62. The molecule has 2 rings (SSSR count). The first-order chi connectivity index (χ1) is 5.86. The van der Waals surface area contributed by atoms with Crippen LogP contribution in [0, 0.1) is 0 Å². The second-order valence-electron chi connectivity index (χ2n) is 2.91. The standard InChI is InChI=1S/C9H11BrN2/c10-8-1-2-9-7(5-8)6-11-3-4-12-9/h1-2,5,11-12H,3-4,6H2. The summed E-state index contributed by atoms with van der Waals surface area (Å²) >= 11 is 3.46. The topological polar surface area (TPSA) is 24.1 Å². The Morgan fingerprint density at radius 1 is 1.25 bits per heavy atom. The van der Waals surface area contributed by atoms with E-state index >= 15 is 0 Å². The molecule has 64 valence electrons. The van der Waals surface area contributed by atoms with Gasteiger partial charge in [-0.2, -0.15) is 0 Å². The summed E-state index contributed by atoms with van der Waals surface area (Å²) in [6.45, 7) is 3.00. The van der Waals surface area contributed by atoms with Gasteiger partial charge in [0.2, 0.25) is 0 Å². The molecule has 3 heteroatoms. The lowest BCUT2D eigenvalue weighted by atomic mass is 10.2. The molecule has 1 aliphatic rings. The Bertz CT molecular complexity index is 286. The van der Waals surface area contributed by atoms with Crippen molar-refractivity contribution < 1.29 is 0 Å². The number of halogens is 1. The lowest BCUT2D eigenvalue weighted by Gasteiger charge is -2.06. The third-order valence-electron chi connectivity index (χ3n) is 2.00. The number of hydrogen-bond donors (Lipinski definition) is 2. The van der Waals surface area contributed by atoms with Crippen LogP contribution in [0.3, 0.4) is 0 Å². The summed E-state index contributed by atoms with van der Waals surface area (Å²) in [4.78, 5) is 0. The summed E-state index contributed by atoms with van der Waals surface area (Å²) in [6.07, 6.45) is 0. The normalized spacial score (nSPS) is 16.1. The van der Waals surface area contributed by atoms with Crippen molar-refractivity contribution in [2.75, 3.05) is 18.4 Å². The molecule has 0 atom stereocenters. The van der Waals surface area contributed by atoms with E-state index in [0.717, 1.165) is 24.1 Å². The molecular formula is C9H11BrN2. The highest BCUT2D eigenvalue weighted by molar-refractivity contribution is 9.10. The van der Waals surface area contributed by atoms with Gasteiger partial charge in [-0.05, 0) is 23.8 Å². The molecule has 0 fully saturated rings. The quantitative estimate of drug-likeness (QED) is 0.708. The van der Waals surface area contributed by atoms with Crippen LogP contribution in [-0.2, 0) is 6.54 Å². The van der Waals surface area contributed by atoms with Crippen molar-refractivity contribution in [3.63, 3.8) is 0 Å². The molecule has 0 bridgehead atoms. The summed E-state index contributed by atoms with van der Waals surface area (Å²) in [5.41, 5.74) is 2.59. The molecule has 1 aromatic carbocycles. The van der Waals surface area contributed by atoms with Gasteiger partial charge in [0.1, 0.15) is 0 Å². The second kappa shape index (κ2) is 3.46. The maximum atomic E-state index is 3.46. The van der Waals surface area contributed by atoms with E-state index in [2.05, 4.69) is 44.8 Å². The van der Waals surface area contributed by atoms with Crippen LogP contribution < -0.4 is 10.6 Å². The molecule has 0 amide bonds. The number of hydrogen-bond acceptors (Lipinski definition) is 2. The van der Waals surface area contributed by atoms with E-state index in [1.807, 2.05) is 0 Å². The van der Waals surface area contributed by atoms with Gasteiger partial charge in [-0.15, -0.1) is 0 Å². The van der Waals surface area contributed by atoms with Gasteiger partial charge in [0, 0.05) is 29.8 Å². The zero-order valence-corrected chi connectivity index (χ0v) is 8.32. The van der Waals surface area contributed by atoms with Gasteiger partial charge in [0.15, 0.2) is 0 Å². The largest absolute Gasteiger partial charge is 0.384 e. The fraction of sp³-hybridized carbons (Fsp3) is 0.333. The van der Waals surface area contributed by atoms with Crippen LogP contribution >= 0.6 is 15.9 Å². The lowest BCUT2D eigenvalue weighted by molar-refractivity contribution is 0.725. The Labute approximate surface area is 80.5 Å². The van der Waals surface area contributed by atoms with Gasteiger partial charge in [-0.25, -0.2) is 0 Å². The monoisotopic (exact) mass is 226 g/mol. The van der Waals surface area contributed by atoms with E-state index in [9.17, 15) is 0 Å². The van der Waals surface area contributed by atoms with Crippen LogP contribution in [0.5, 0.6) is 0 Å². The average molecular weight is 227 g/mol. The Kier molecular flexibility index (Phi) is 2.33. The first kappa shape index (κ1) is 8.08. The molecule has 0 saturated heterocycles. The Hall–Kier alpha value is -0.540. The first-order valence-electron chi connectivity index (χ1n) is 4.09. The van der Waals surface area contributed by atoms with Gasteiger partial charge in [0.05, 0.1) is 0 Å². The van der Waals surface area contributed by atoms with Crippen LogP contribution in [0.1, 0.15) is 5.56 Å². The van der Waals surface area contributed by atoms with Crippen LogP contribution in [0.4, 0.5) is 5.69 Å². The highest BCUT2D eigenvalue weighted by atomic mass is 79.9. The van der Waals surface area contributed by atoms with Gasteiger partial charge in [-0.1, -0.05) is 15.9 Å². The molecule has 12 heavy (non-hydrogen) atoms. The van der Waals surface area contributed by atoms with Crippen molar-refractivity contribution in [1.29, 1.82) is 0 Å². The van der Waals surface area contributed by atoms with E-state index in [1.54, 1.807) is 0 Å². The average Bonchev–Trinajstić information content (AvgIpc) is 2.28. The van der Waals surface area contributed by atoms with Crippen molar-refractivity contribution >= 4 is 21.6 Å². The van der Waals surface area contributed by atoms with Crippen molar-refractivity contribution in [3.8, 4) is 0 Å². The smallest absolute Gasteiger partial charge is 0.0387 e. The van der Waals surface area contributed by atoms with Gasteiger partial charge < -0.3 is 10.6 Å². The van der Waals surface area contributed by atoms with E-state index < -0.39 is 0 Å². The molecular weight excluding hydrogens is 216 g/mol. The van der Waals surface area contributed by atoms with Gasteiger partial charge in [-0.3, -0.25) is 0 Å². The predicted octanol–water partition coefficient (Wildman–Crippen LogP) is 1.96. The molecule has 0 aromatic heterocycles. The molecule has 0 aliphatic carbocycles. The van der Waals surface area contributed by atoms with Crippen molar-refractivity contribution in [1.82, 2.24) is 5.32 Å². The summed E-state index contributed by atoms with van der Waals surface area (Å²) in [7, 11) is 0. The van der Waals surface area contributed by atoms with Gasteiger partial charge >= 0.3 is 0 Å². The predicted molar refractivity (Wildman–Crippen MR) is 54.3 cm³/mol. The Morgan fingerprint density at radius 2 is 2.17 bits per heavy atom. The summed E-state index contributed by atoms with van der Waals surface area (Å²) in [6, 6.07) is 6.34. The molecule has 0 unspecified atom stereocenters. The minimum Gasteiger partial charge on any atom is -0.384 e. The van der Waals surface area contributed by atoms with E-state index in [4.69, 9.17) is 0 Å². The first-order valence-corrected chi connectivity index (χ1v) is 4.88. The van der Waals surface area contributed by atoms with E-state index in [-0.39, 0.29) is 0 Å². The molecule has 0 saturated carbocycles. The molecule has 1 heterocycles. The highest BCUT2D eigenvalue weighted by Crippen LogP contribution is 2.21. The number of nitrogens with one attached hydrogen (secondary N) is 2. The molecule has 0 spiro atoms. The molecule has 1 aliphatic heterocycles. The highest BCUT2D eigenvalue weighted by Gasteiger charge is 2.05. The number of benzene rings is 1. The molecule has 2 N–H and O–H groups in total. The minimum atomic E-state index is 0.960. The van der Waals surface area contributed by atoms with Crippen molar-refractivity contribution in [2.24, 2.45) is 0 Å². The molecule has 2 nitrogen and oxygen atoms in total. The minimum absolute atomic E-state index is 0.960. The van der Waals surface area contributed by atoms with Crippen molar-refractivity contribution in [2.45, 2.75) is 6.54 Å². The molecule has 0 radical (unpaired) electrons. The van der Waals surface area contributed by atoms with Crippen molar-refractivity contribution in [3.05, 3.63) is 28.2 Å². The lowest BCUT2D eigenvalue weighted by Crippen LogP contribution is -2.16.